The topological polar surface area (TPSA) is 69.4 Å². The third-order valence-electron chi connectivity index (χ3n) is 5.84. The summed E-state index contributed by atoms with van der Waals surface area (Å²) in [6.07, 6.45) is 12.4. The minimum atomic E-state index is 0.0158. The third-order valence-corrected chi connectivity index (χ3v) is 6.09. The molecule has 0 spiro atoms. The van der Waals surface area contributed by atoms with E-state index in [0.717, 1.165) is 47.5 Å². The summed E-state index contributed by atoms with van der Waals surface area (Å²) in [4.78, 5) is 26.6. The van der Waals surface area contributed by atoms with Crippen molar-refractivity contribution < 1.29 is 4.74 Å². The number of fused-ring (bicyclic) bond motifs is 3. The Labute approximate surface area is 172 Å². The molecule has 2 aromatic heterocycles. The maximum atomic E-state index is 13.4. The van der Waals surface area contributed by atoms with Gasteiger partial charge in [0.05, 0.1) is 17.2 Å². The fraction of sp³-hybridized carbons (Fsp3) is 0.364. The summed E-state index contributed by atoms with van der Waals surface area (Å²) < 4.78 is 7.23. The molecule has 1 atom stereocenters. The van der Waals surface area contributed by atoms with E-state index in [2.05, 4.69) is 15.0 Å². The van der Waals surface area contributed by atoms with Gasteiger partial charge in [0.25, 0.3) is 5.56 Å². The van der Waals surface area contributed by atoms with Crippen LogP contribution in [0.3, 0.4) is 0 Å². The van der Waals surface area contributed by atoms with Gasteiger partial charge in [0.1, 0.15) is 5.16 Å². The molecule has 0 bridgehead atoms. The van der Waals surface area contributed by atoms with E-state index in [0.29, 0.717) is 23.8 Å². The molecule has 1 fully saturated rings. The molecule has 1 unspecified atom stereocenters. The van der Waals surface area contributed by atoms with Gasteiger partial charge in [0.2, 0.25) is 0 Å². The summed E-state index contributed by atoms with van der Waals surface area (Å²) in [5.41, 5.74) is 1.84. The third kappa shape index (κ3) is 3.47. The quantitative estimate of drug-likeness (QED) is 0.485. The molecule has 0 N–H and O–H groups in total. The Hall–Kier alpha value is -2.57. The number of nitrogens with zero attached hydrogens (tertiary/aromatic N) is 4. The van der Waals surface area contributed by atoms with Crippen molar-refractivity contribution >= 4 is 39.5 Å². The van der Waals surface area contributed by atoms with Crippen LogP contribution in [0.1, 0.15) is 30.9 Å². The molecule has 5 rings (SSSR count). The van der Waals surface area contributed by atoms with Crippen molar-refractivity contribution in [2.75, 3.05) is 13.2 Å². The first-order chi connectivity index (χ1) is 14.2. The molecule has 1 aromatic carbocycles. The molecule has 1 saturated heterocycles. The van der Waals surface area contributed by atoms with E-state index in [1.54, 1.807) is 17.1 Å². The van der Waals surface area contributed by atoms with Crippen molar-refractivity contribution in [1.29, 1.82) is 0 Å². The minimum absolute atomic E-state index is 0.0158. The second kappa shape index (κ2) is 7.69. The van der Waals surface area contributed by atoms with Crippen LogP contribution < -0.4 is 5.56 Å². The zero-order valence-electron chi connectivity index (χ0n) is 15.9. The number of hydrogen-bond donors (Lipinski definition) is 0. The molecule has 2 aliphatic rings. The SMILES string of the molecule is O=c1c2cc(CC3C=NC(Cl)=CC3)c3cnccc3c2ncn1C1CCOCC1. The predicted molar refractivity (Wildman–Crippen MR) is 115 cm³/mol. The van der Waals surface area contributed by atoms with Crippen LogP contribution in [0.5, 0.6) is 0 Å². The lowest BCUT2D eigenvalue weighted by molar-refractivity contribution is 0.0685. The molecular weight excluding hydrogens is 388 g/mol. The molecule has 0 aliphatic carbocycles. The smallest absolute Gasteiger partial charge is 0.261 e. The monoisotopic (exact) mass is 408 g/mol. The van der Waals surface area contributed by atoms with E-state index in [1.807, 2.05) is 30.6 Å². The Kier molecular flexibility index (Phi) is 4.89. The highest BCUT2D eigenvalue weighted by atomic mass is 35.5. The maximum absolute atomic E-state index is 13.4. The van der Waals surface area contributed by atoms with E-state index in [1.165, 1.54) is 0 Å². The van der Waals surface area contributed by atoms with Gasteiger partial charge in [-0.1, -0.05) is 11.6 Å². The van der Waals surface area contributed by atoms with E-state index in [9.17, 15) is 4.79 Å². The molecule has 3 aromatic rings. The second-order valence-electron chi connectivity index (χ2n) is 7.66. The Bertz CT molecular complexity index is 1190. The highest BCUT2D eigenvalue weighted by Gasteiger charge is 2.20. The first kappa shape index (κ1) is 18.5. The zero-order valence-corrected chi connectivity index (χ0v) is 16.7. The fourth-order valence-electron chi connectivity index (χ4n) is 4.29. The molecule has 0 radical (unpaired) electrons. The number of hydrogen-bond acceptors (Lipinski definition) is 5. The predicted octanol–water partition coefficient (Wildman–Crippen LogP) is 4.01. The lowest BCUT2D eigenvalue weighted by atomic mass is 9.92. The Morgan fingerprint density at radius 3 is 2.86 bits per heavy atom. The zero-order chi connectivity index (χ0) is 19.8. The minimum Gasteiger partial charge on any atom is -0.381 e. The van der Waals surface area contributed by atoms with E-state index >= 15 is 0 Å². The van der Waals surface area contributed by atoms with Gasteiger partial charge in [0, 0.05) is 54.6 Å². The van der Waals surface area contributed by atoms with Gasteiger partial charge in [-0.05, 0) is 49.5 Å². The average Bonchev–Trinajstić information content (AvgIpc) is 2.77. The standard InChI is InChI=1S/C22H21ClN4O2/c23-20-2-1-14(11-25-20)9-15-10-18-21(17-3-6-24-12-19(15)17)26-13-27(22(18)28)16-4-7-29-8-5-16/h2-3,6,10-14,16H,1,4-5,7-9H2. The van der Waals surface area contributed by atoms with Crippen molar-refractivity contribution in [2.24, 2.45) is 10.9 Å². The van der Waals surface area contributed by atoms with Crippen LogP contribution in [0.15, 0.2) is 51.9 Å². The maximum Gasteiger partial charge on any atom is 0.261 e. The molecule has 29 heavy (non-hydrogen) atoms. The van der Waals surface area contributed by atoms with Crippen LogP contribution >= 0.6 is 11.6 Å². The summed E-state index contributed by atoms with van der Waals surface area (Å²) in [6, 6.07) is 4.08. The van der Waals surface area contributed by atoms with Crippen molar-refractivity contribution in [3.63, 3.8) is 0 Å². The Morgan fingerprint density at radius 1 is 1.21 bits per heavy atom. The number of aromatic nitrogens is 3. The van der Waals surface area contributed by atoms with Crippen molar-refractivity contribution in [1.82, 2.24) is 14.5 Å². The summed E-state index contributed by atoms with van der Waals surface area (Å²) in [7, 11) is 0. The number of rotatable bonds is 3. The molecule has 2 aliphatic heterocycles. The van der Waals surface area contributed by atoms with Crippen molar-refractivity contribution in [3.05, 3.63) is 58.0 Å². The molecule has 148 valence electrons. The molecule has 0 saturated carbocycles. The van der Waals surface area contributed by atoms with Crippen LogP contribution in [0.25, 0.3) is 21.7 Å². The highest BCUT2D eigenvalue weighted by molar-refractivity contribution is 6.29. The number of aliphatic imine (C=N–C) groups is 1. The van der Waals surface area contributed by atoms with Crippen LogP contribution in [0, 0.1) is 5.92 Å². The van der Waals surface area contributed by atoms with Gasteiger partial charge in [-0.15, -0.1) is 0 Å². The summed E-state index contributed by atoms with van der Waals surface area (Å²) in [5.74, 6) is 0.243. The lowest BCUT2D eigenvalue weighted by Gasteiger charge is -2.24. The van der Waals surface area contributed by atoms with Gasteiger partial charge in [0.15, 0.2) is 0 Å². The number of pyridine rings is 1. The number of halogens is 1. The lowest BCUT2D eigenvalue weighted by Crippen LogP contribution is -2.29. The normalized spacial score (nSPS) is 20.3. The molecular formula is C22H21ClN4O2. The van der Waals surface area contributed by atoms with E-state index in [-0.39, 0.29) is 17.5 Å². The van der Waals surface area contributed by atoms with Crippen molar-refractivity contribution in [3.8, 4) is 0 Å². The van der Waals surface area contributed by atoms with Crippen LogP contribution in [0.4, 0.5) is 0 Å². The molecule has 0 amide bonds. The van der Waals surface area contributed by atoms with Crippen LogP contribution in [-0.2, 0) is 11.2 Å². The van der Waals surface area contributed by atoms with E-state index in [4.69, 9.17) is 16.3 Å². The van der Waals surface area contributed by atoms with Gasteiger partial charge in [-0.3, -0.25) is 14.3 Å². The van der Waals surface area contributed by atoms with Crippen LogP contribution in [-0.4, -0.2) is 34.0 Å². The summed E-state index contributed by atoms with van der Waals surface area (Å²) in [6.45, 7) is 1.36. The van der Waals surface area contributed by atoms with E-state index < -0.39 is 0 Å². The van der Waals surface area contributed by atoms with Crippen LogP contribution in [0.2, 0.25) is 0 Å². The van der Waals surface area contributed by atoms with Gasteiger partial charge in [-0.2, -0.15) is 0 Å². The summed E-state index contributed by atoms with van der Waals surface area (Å²) in [5, 5.41) is 3.19. The largest absolute Gasteiger partial charge is 0.381 e. The van der Waals surface area contributed by atoms with Gasteiger partial charge in [-0.25, -0.2) is 9.98 Å². The highest BCUT2D eigenvalue weighted by Crippen LogP contribution is 2.29. The molecule has 4 heterocycles. The molecule has 7 heteroatoms. The molecule has 6 nitrogen and oxygen atoms in total. The van der Waals surface area contributed by atoms with Crippen molar-refractivity contribution in [2.45, 2.75) is 31.7 Å². The second-order valence-corrected chi connectivity index (χ2v) is 8.05. The summed E-state index contributed by atoms with van der Waals surface area (Å²) >= 11 is 5.96. The fourth-order valence-corrected chi connectivity index (χ4v) is 4.43. The first-order valence-electron chi connectivity index (χ1n) is 9.95. The van der Waals surface area contributed by atoms with Gasteiger partial charge >= 0.3 is 0 Å². The van der Waals surface area contributed by atoms with Gasteiger partial charge < -0.3 is 4.74 Å². The average molecular weight is 409 g/mol. The number of ether oxygens (including phenoxy) is 1. The Morgan fingerprint density at radius 2 is 2.07 bits per heavy atom. The number of allylic oxidation sites excluding steroid dienone is 1. The number of benzene rings is 1. The first-order valence-corrected chi connectivity index (χ1v) is 10.3. The Balaban J connectivity index is 1.64.